The number of nitrogens with one attached hydrogen (secondary N) is 2. The maximum atomic E-state index is 13.2. The van der Waals surface area contributed by atoms with Crippen LogP contribution >= 0.6 is 0 Å². The number of aromatic amines is 2. The number of hydrogen-bond donors (Lipinski definition) is 2. The van der Waals surface area contributed by atoms with E-state index in [4.69, 9.17) is 0 Å². The number of benzene rings is 2. The van der Waals surface area contributed by atoms with Gasteiger partial charge in [-0.25, -0.2) is 0 Å². The molecule has 158 valence electrons. The second kappa shape index (κ2) is 7.90. The van der Waals surface area contributed by atoms with Crippen LogP contribution in [-0.2, 0) is 4.79 Å². The minimum Gasteiger partial charge on any atom is -0.321 e. The molecule has 2 N–H and O–H groups in total. The molecule has 2 aromatic carbocycles. The number of Topliss-reactive ketones (excluding diaryl/α,β-unsaturated/α-hetero) is 1. The van der Waals surface area contributed by atoms with E-state index in [9.17, 15) is 14.4 Å². The van der Waals surface area contributed by atoms with Gasteiger partial charge in [0.2, 0.25) is 0 Å². The van der Waals surface area contributed by atoms with Crippen molar-refractivity contribution in [2.45, 2.75) is 0 Å². The van der Waals surface area contributed by atoms with Gasteiger partial charge in [-0.05, 0) is 54.2 Å². The lowest BCUT2D eigenvalue weighted by Gasteiger charge is -2.26. The van der Waals surface area contributed by atoms with Gasteiger partial charge in [0.15, 0.2) is 5.78 Å². The molecule has 0 atom stereocenters. The zero-order chi connectivity index (χ0) is 22.2. The number of carbonyl (C=O) groups is 1. The molecule has 6 nitrogen and oxygen atoms in total. The number of aromatic nitrogens is 2. The highest BCUT2D eigenvalue weighted by Crippen LogP contribution is 2.21. The van der Waals surface area contributed by atoms with E-state index in [2.05, 4.69) is 9.97 Å². The number of ketones is 1. The molecule has 0 unspecified atom stereocenters. The van der Waals surface area contributed by atoms with Gasteiger partial charge in [-0.15, -0.1) is 0 Å². The van der Waals surface area contributed by atoms with E-state index < -0.39 is 0 Å². The van der Waals surface area contributed by atoms with Gasteiger partial charge in [-0.3, -0.25) is 19.3 Å². The molecule has 1 fully saturated rings. The van der Waals surface area contributed by atoms with Gasteiger partial charge in [0.05, 0.1) is 0 Å². The van der Waals surface area contributed by atoms with Crippen LogP contribution in [0.3, 0.4) is 0 Å². The molecular formula is C26H21N3O3. The number of pyridine rings is 2. The Morgan fingerprint density at radius 2 is 1.16 bits per heavy atom. The molecule has 2 aromatic heterocycles. The molecule has 5 rings (SSSR count). The third-order valence-corrected chi connectivity index (χ3v) is 5.69. The van der Waals surface area contributed by atoms with Crippen molar-refractivity contribution < 1.29 is 4.79 Å². The summed E-state index contributed by atoms with van der Waals surface area (Å²) in [5.41, 5.74) is 2.93. The standard InChI is InChI=1S/C26H21N3O3/c1-29-14-20(12-18-10-16-6-2-4-8-22(16)27-25(18)31)24(30)21(15-29)13-19-11-17-7-3-5-9-23(17)28-26(19)32/h2-13H,14-15H2,1H3,(H,27,31)(H,28,32)/b20-12+,21-13+. The van der Waals surface area contributed by atoms with Gasteiger partial charge in [-0.1, -0.05) is 36.4 Å². The van der Waals surface area contributed by atoms with Crippen LogP contribution in [0.2, 0.25) is 0 Å². The molecule has 6 heteroatoms. The molecule has 32 heavy (non-hydrogen) atoms. The van der Waals surface area contributed by atoms with E-state index in [1.54, 1.807) is 24.3 Å². The quantitative estimate of drug-likeness (QED) is 0.484. The maximum Gasteiger partial charge on any atom is 0.255 e. The van der Waals surface area contributed by atoms with Crippen molar-refractivity contribution in [1.82, 2.24) is 14.9 Å². The second-order valence-electron chi connectivity index (χ2n) is 8.12. The highest BCUT2D eigenvalue weighted by molar-refractivity contribution is 6.14. The van der Waals surface area contributed by atoms with Crippen LogP contribution < -0.4 is 11.1 Å². The smallest absolute Gasteiger partial charge is 0.255 e. The number of carbonyl (C=O) groups excluding carboxylic acids is 1. The van der Waals surface area contributed by atoms with Crippen molar-refractivity contribution in [3.8, 4) is 0 Å². The zero-order valence-electron chi connectivity index (χ0n) is 17.5. The van der Waals surface area contributed by atoms with Crippen LogP contribution in [0.25, 0.3) is 34.0 Å². The van der Waals surface area contributed by atoms with Crippen LogP contribution in [0.5, 0.6) is 0 Å². The Labute approximate surface area is 183 Å². The number of para-hydroxylation sites is 2. The fourth-order valence-corrected chi connectivity index (χ4v) is 4.13. The van der Waals surface area contributed by atoms with Crippen molar-refractivity contribution in [3.63, 3.8) is 0 Å². The predicted octanol–water partition coefficient (Wildman–Crippen LogP) is 3.35. The lowest BCUT2D eigenvalue weighted by Crippen LogP contribution is -2.35. The molecule has 0 radical (unpaired) electrons. The van der Waals surface area contributed by atoms with E-state index in [0.717, 1.165) is 21.8 Å². The third kappa shape index (κ3) is 3.72. The summed E-state index contributed by atoms with van der Waals surface area (Å²) in [6.45, 7) is 0.854. The molecule has 0 amide bonds. The fraction of sp³-hybridized carbons (Fsp3) is 0.115. The number of H-pyrrole nitrogens is 2. The number of fused-ring (bicyclic) bond motifs is 2. The van der Waals surface area contributed by atoms with E-state index in [1.807, 2.05) is 60.5 Å². The van der Waals surface area contributed by atoms with Crippen LogP contribution in [0.4, 0.5) is 0 Å². The summed E-state index contributed by atoms with van der Waals surface area (Å²) in [5, 5.41) is 1.79. The number of likely N-dealkylation sites (N-methyl/N-ethyl adjacent to an activating group) is 1. The van der Waals surface area contributed by atoms with Gasteiger partial charge in [0.25, 0.3) is 11.1 Å². The van der Waals surface area contributed by atoms with Crippen molar-refractivity contribution in [2.75, 3.05) is 20.1 Å². The number of piperidine rings is 1. The van der Waals surface area contributed by atoms with Crippen molar-refractivity contribution in [3.05, 3.63) is 104 Å². The van der Waals surface area contributed by atoms with Crippen molar-refractivity contribution in [2.24, 2.45) is 0 Å². The molecule has 0 bridgehead atoms. The highest BCUT2D eigenvalue weighted by Gasteiger charge is 2.24. The van der Waals surface area contributed by atoms with Crippen molar-refractivity contribution >= 4 is 39.7 Å². The lowest BCUT2D eigenvalue weighted by molar-refractivity contribution is -0.113. The Bertz CT molecular complexity index is 1440. The number of rotatable bonds is 2. The average Bonchev–Trinajstić information content (AvgIpc) is 2.78. The average molecular weight is 423 g/mol. The Morgan fingerprint density at radius 1 is 0.719 bits per heavy atom. The molecule has 3 heterocycles. The Kier molecular flexibility index (Phi) is 4.92. The first-order chi connectivity index (χ1) is 15.5. The fourth-order valence-electron chi connectivity index (χ4n) is 4.13. The Balaban J connectivity index is 1.56. The van der Waals surface area contributed by atoms with Gasteiger partial charge in [-0.2, -0.15) is 0 Å². The molecule has 0 aliphatic carbocycles. The van der Waals surface area contributed by atoms with Crippen LogP contribution in [0, 0.1) is 0 Å². The topological polar surface area (TPSA) is 86.0 Å². The zero-order valence-corrected chi connectivity index (χ0v) is 17.5. The van der Waals surface area contributed by atoms with Crippen molar-refractivity contribution in [1.29, 1.82) is 0 Å². The van der Waals surface area contributed by atoms with Crippen LogP contribution in [-0.4, -0.2) is 40.8 Å². The van der Waals surface area contributed by atoms with Crippen LogP contribution in [0.1, 0.15) is 11.1 Å². The normalized spacial score (nSPS) is 17.6. The molecule has 4 aromatic rings. The van der Waals surface area contributed by atoms with E-state index in [-0.39, 0.29) is 16.9 Å². The molecule has 1 aliphatic heterocycles. The number of likely N-dealkylation sites (tertiary alicyclic amines) is 1. The van der Waals surface area contributed by atoms with Crippen LogP contribution in [0.15, 0.2) is 81.4 Å². The van der Waals surface area contributed by atoms with Gasteiger partial charge in [0, 0.05) is 46.4 Å². The molecule has 1 saturated heterocycles. The summed E-state index contributed by atoms with van der Waals surface area (Å²) in [6.07, 6.45) is 3.31. The number of hydrogen-bond acceptors (Lipinski definition) is 4. The minimum absolute atomic E-state index is 0.150. The van der Waals surface area contributed by atoms with Gasteiger partial charge in [0.1, 0.15) is 0 Å². The highest BCUT2D eigenvalue weighted by atomic mass is 16.1. The Hall–Kier alpha value is -4.03. The van der Waals surface area contributed by atoms with E-state index >= 15 is 0 Å². The first-order valence-electron chi connectivity index (χ1n) is 10.4. The minimum atomic E-state index is -0.242. The lowest BCUT2D eigenvalue weighted by atomic mass is 9.94. The summed E-state index contributed by atoms with van der Waals surface area (Å²) in [5.74, 6) is -0.150. The summed E-state index contributed by atoms with van der Waals surface area (Å²) >= 11 is 0. The van der Waals surface area contributed by atoms with Gasteiger partial charge >= 0.3 is 0 Å². The molecule has 0 saturated carbocycles. The summed E-state index contributed by atoms with van der Waals surface area (Å²) in [7, 11) is 1.91. The van der Waals surface area contributed by atoms with E-state index in [1.165, 1.54) is 0 Å². The molecule has 1 aliphatic rings. The van der Waals surface area contributed by atoms with Gasteiger partial charge < -0.3 is 9.97 Å². The SMILES string of the molecule is CN1C/C(=C\c2cc3ccccc3[nH]c2=O)C(=O)/C(=C/c2cc3ccccc3[nH]c2=O)C1. The second-order valence-corrected chi connectivity index (χ2v) is 8.12. The van der Waals surface area contributed by atoms with E-state index in [0.29, 0.717) is 35.4 Å². The molecule has 0 spiro atoms. The summed E-state index contributed by atoms with van der Waals surface area (Å²) in [6, 6.07) is 18.6. The molecular weight excluding hydrogens is 402 g/mol. The third-order valence-electron chi connectivity index (χ3n) is 5.69. The largest absolute Gasteiger partial charge is 0.321 e. The summed E-state index contributed by atoms with van der Waals surface area (Å²) < 4.78 is 0. The first-order valence-corrected chi connectivity index (χ1v) is 10.4. The number of nitrogens with zero attached hydrogens (tertiary/aromatic N) is 1. The predicted molar refractivity (Wildman–Crippen MR) is 128 cm³/mol. The maximum absolute atomic E-state index is 13.2. The monoisotopic (exact) mass is 423 g/mol. The Morgan fingerprint density at radius 3 is 1.62 bits per heavy atom. The summed E-state index contributed by atoms with van der Waals surface area (Å²) in [4.78, 5) is 46.1. The first kappa shape index (κ1) is 19.9.